The molecule has 2 rings (SSSR count). The van der Waals surface area contributed by atoms with Crippen molar-refractivity contribution in [2.45, 2.75) is 12.5 Å². The monoisotopic (exact) mass is 290 g/mol. The van der Waals surface area contributed by atoms with Gasteiger partial charge in [-0.3, -0.25) is 4.79 Å². The van der Waals surface area contributed by atoms with Crippen LogP contribution in [0.15, 0.2) is 12.1 Å². The molecule has 1 atom stereocenters. The van der Waals surface area contributed by atoms with Gasteiger partial charge in [-0.1, -0.05) is 23.2 Å². The summed E-state index contributed by atoms with van der Waals surface area (Å²) in [7, 11) is 0. The molecule has 0 saturated heterocycles. The lowest BCUT2D eigenvalue weighted by Crippen LogP contribution is -2.32. The zero-order valence-electron chi connectivity index (χ0n) is 8.48. The molecule has 1 aromatic carbocycles. The van der Waals surface area contributed by atoms with Gasteiger partial charge in [-0.05, 0) is 12.1 Å². The Balaban J connectivity index is 2.35. The maximum absolute atomic E-state index is 10.6. The molecule has 2 aromatic rings. The minimum atomic E-state index is -1.04. The Labute approximate surface area is 111 Å². The van der Waals surface area contributed by atoms with E-state index in [0.717, 1.165) is 4.70 Å². The molecule has 0 aliphatic carbocycles. The molecule has 1 heterocycles. The van der Waals surface area contributed by atoms with E-state index >= 15 is 0 Å². The smallest absolute Gasteiger partial charge is 0.320 e. The highest BCUT2D eigenvalue weighted by molar-refractivity contribution is 7.18. The van der Waals surface area contributed by atoms with Gasteiger partial charge >= 0.3 is 5.97 Å². The molecule has 4 nitrogen and oxygen atoms in total. The fourth-order valence-corrected chi connectivity index (χ4v) is 2.77. The van der Waals surface area contributed by atoms with Crippen molar-refractivity contribution in [3.8, 4) is 0 Å². The third-order valence-corrected chi connectivity index (χ3v) is 3.95. The molecule has 0 amide bonds. The Kier molecular flexibility index (Phi) is 3.53. The van der Waals surface area contributed by atoms with Gasteiger partial charge < -0.3 is 10.8 Å². The van der Waals surface area contributed by atoms with E-state index in [1.807, 2.05) is 0 Å². The average Bonchev–Trinajstić information content (AvgIpc) is 2.60. The second-order valence-electron chi connectivity index (χ2n) is 3.49. The molecule has 0 aliphatic heterocycles. The molecule has 3 N–H and O–H groups in total. The SMILES string of the molecule is N[C@@H](Cc1nc2cc(Cl)c(Cl)cc2s1)C(=O)O. The highest BCUT2D eigenvalue weighted by Crippen LogP contribution is 2.31. The van der Waals surface area contributed by atoms with Gasteiger partial charge in [0.25, 0.3) is 0 Å². The van der Waals surface area contributed by atoms with Crippen LogP contribution in [0.2, 0.25) is 10.0 Å². The summed E-state index contributed by atoms with van der Waals surface area (Å²) in [6, 6.07) is 2.43. The minimum absolute atomic E-state index is 0.198. The summed E-state index contributed by atoms with van der Waals surface area (Å²) in [6.45, 7) is 0. The molecule has 0 saturated carbocycles. The van der Waals surface area contributed by atoms with Crippen LogP contribution in [0.5, 0.6) is 0 Å². The Hall–Kier alpha value is -0.880. The van der Waals surface area contributed by atoms with Crippen molar-refractivity contribution in [3.63, 3.8) is 0 Å². The molecule has 0 spiro atoms. The van der Waals surface area contributed by atoms with E-state index in [1.165, 1.54) is 11.3 Å². The van der Waals surface area contributed by atoms with Crippen LogP contribution in [0, 0.1) is 0 Å². The van der Waals surface area contributed by atoms with E-state index in [0.29, 0.717) is 20.6 Å². The molecule has 0 radical (unpaired) electrons. The van der Waals surface area contributed by atoms with Crippen molar-refractivity contribution in [1.82, 2.24) is 4.98 Å². The second-order valence-corrected chi connectivity index (χ2v) is 5.42. The topological polar surface area (TPSA) is 76.2 Å². The molecule has 0 aliphatic rings. The molecule has 1 aromatic heterocycles. The van der Waals surface area contributed by atoms with E-state index in [9.17, 15) is 4.79 Å². The second kappa shape index (κ2) is 4.78. The third kappa shape index (κ3) is 2.69. The number of nitrogens with zero attached hydrogens (tertiary/aromatic N) is 1. The summed E-state index contributed by atoms with van der Waals surface area (Å²) >= 11 is 13.1. The number of benzene rings is 1. The zero-order valence-corrected chi connectivity index (χ0v) is 10.8. The summed E-state index contributed by atoms with van der Waals surface area (Å²) in [5.41, 5.74) is 6.15. The fourth-order valence-electron chi connectivity index (χ4n) is 1.33. The number of carboxylic acid groups (broad SMARTS) is 1. The first-order chi connectivity index (χ1) is 7.97. The maximum atomic E-state index is 10.6. The van der Waals surface area contributed by atoms with Crippen LogP contribution in [-0.4, -0.2) is 22.1 Å². The largest absolute Gasteiger partial charge is 0.480 e. The van der Waals surface area contributed by atoms with Crippen LogP contribution in [0.1, 0.15) is 5.01 Å². The molecule has 0 unspecified atom stereocenters. The Morgan fingerprint density at radius 3 is 2.76 bits per heavy atom. The standard InChI is InChI=1S/C10H8Cl2N2O2S/c11-4-1-7-8(2-5(4)12)17-9(14-7)3-6(13)10(15)16/h1-2,6H,3,13H2,(H,15,16)/t6-/m0/s1. The third-order valence-electron chi connectivity index (χ3n) is 2.19. The van der Waals surface area contributed by atoms with E-state index < -0.39 is 12.0 Å². The number of halogens is 2. The molecule has 17 heavy (non-hydrogen) atoms. The van der Waals surface area contributed by atoms with Crippen LogP contribution < -0.4 is 5.73 Å². The molecule has 0 bridgehead atoms. The summed E-state index contributed by atoms with van der Waals surface area (Å²) in [4.78, 5) is 14.9. The van der Waals surface area contributed by atoms with Crippen molar-refractivity contribution < 1.29 is 9.90 Å². The number of fused-ring (bicyclic) bond motifs is 1. The van der Waals surface area contributed by atoms with E-state index in [-0.39, 0.29) is 6.42 Å². The van der Waals surface area contributed by atoms with E-state index in [2.05, 4.69) is 4.98 Å². The molecule has 0 fully saturated rings. The maximum Gasteiger partial charge on any atom is 0.320 e. The first kappa shape index (κ1) is 12.6. The van der Waals surface area contributed by atoms with Gasteiger partial charge in [0.2, 0.25) is 0 Å². The fraction of sp³-hybridized carbons (Fsp3) is 0.200. The molecule has 7 heteroatoms. The first-order valence-electron chi connectivity index (χ1n) is 4.70. The number of rotatable bonds is 3. The molecular weight excluding hydrogens is 283 g/mol. The number of nitrogens with two attached hydrogens (primary N) is 1. The lowest BCUT2D eigenvalue weighted by Gasteiger charge is -2.01. The average molecular weight is 291 g/mol. The van der Waals surface area contributed by atoms with Gasteiger partial charge in [0.1, 0.15) is 6.04 Å². The van der Waals surface area contributed by atoms with Gasteiger partial charge in [-0.15, -0.1) is 11.3 Å². The number of aliphatic carboxylic acids is 1. The normalized spacial score (nSPS) is 12.9. The van der Waals surface area contributed by atoms with Gasteiger partial charge in [0.15, 0.2) is 0 Å². The van der Waals surface area contributed by atoms with Crippen molar-refractivity contribution in [2.24, 2.45) is 5.73 Å². The minimum Gasteiger partial charge on any atom is -0.480 e. The van der Waals surface area contributed by atoms with Crippen molar-refractivity contribution in [3.05, 3.63) is 27.2 Å². The summed E-state index contributed by atoms with van der Waals surface area (Å²) in [5, 5.41) is 10.3. The van der Waals surface area contributed by atoms with Crippen molar-refractivity contribution in [1.29, 1.82) is 0 Å². The summed E-state index contributed by atoms with van der Waals surface area (Å²) < 4.78 is 0.868. The lowest BCUT2D eigenvalue weighted by molar-refractivity contribution is -0.138. The van der Waals surface area contributed by atoms with Crippen LogP contribution >= 0.6 is 34.5 Å². The number of carboxylic acids is 1. The molecule has 90 valence electrons. The highest BCUT2D eigenvalue weighted by Gasteiger charge is 2.15. The number of aromatic nitrogens is 1. The first-order valence-corrected chi connectivity index (χ1v) is 6.27. The van der Waals surface area contributed by atoms with E-state index in [4.69, 9.17) is 34.0 Å². The van der Waals surface area contributed by atoms with Crippen LogP contribution in [-0.2, 0) is 11.2 Å². The Bertz CT molecular complexity index is 546. The van der Waals surface area contributed by atoms with Gasteiger partial charge in [-0.25, -0.2) is 4.98 Å². The highest BCUT2D eigenvalue weighted by atomic mass is 35.5. The lowest BCUT2D eigenvalue weighted by atomic mass is 10.2. The van der Waals surface area contributed by atoms with E-state index in [1.54, 1.807) is 12.1 Å². The van der Waals surface area contributed by atoms with Crippen molar-refractivity contribution >= 4 is 50.7 Å². The predicted molar refractivity (Wildman–Crippen MR) is 69.0 cm³/mol. The quantitative estimate of drug-likeness (QED) is 0.911. The molecular formula is C10H8Cl2N2O2S. The number of thiazole rings is 1. The predicted octanol–water partition coefficient (Wildman–Crippen LogP) is 2.56. The van der Waals surface area contributed by atoms with Crippen molar-refractivity contribution in [2.75, 3.05) is 0 Å². The van der Waals surface area contributed by atoms with Gasteiger partial charge in [-0.2, -0.15) is 0 Å². The summed E-state index contributed by atoms with van der Waals surface area (Å²) in [6.07, 6.45) is 0.198. The van der Waals surface area contributed by atoms with Crippen LogP contribution in [0.3, 0.4) is 0 Å². The zero-order chi connectivity index (χ0) is 12.6. The van der Waals surface area contributed by atoms with Crippen LogP contribution in [0.25, 0.3) is 10.2 Å². The van der Waals surface area contributed by atoms with Gasteiger partial charge in [0, 0.05) is 6.42 Å². The van der Waals surface area contributed by atoms with Gasteiger partial charge in [0.05, 0.1) is 25.3 Å². The Morgan fingerprint density at radius 2 is 2.12 bits per heavy atom. The Morgan fingerprint density at radius 1 is 1.47 bits per heavy atom. The summed E-state index contributed by atoms with van der Waals surface area (Å²) in [5.74, 6) is -1.04. The van der Waals surface area contributed by atoms with Crippen LogP contribution in [0.4, 0.5) is 0 Å². The number of carbonyl (C=O) groups is 1. The number of hydrogen-bond acceptors (Lipinski definition) is 4. The number of hydrogen-bond donors (Lipinski definition) is 2.